The zero-order chi connectivity index (χ0) is 11.6. The third-order valence-corrected chi connectivity index (χ3v) is 4.81. The molecule has 0 aliphatic heterocycles. The summed E-state index contributed by atoms with van der Waals surface area (Å²) < 4.78 is 0. The molecule has 0 amide bonds. The monoisotopic (exact) mass is 236 g/mol. The predicted molar refractivity (Wildman–Crippen MR) is 70.1 cm³/mol. The van der Waals surface area contributed by atoms with Crippen molar-refractivity contribution in [1.29, 1.82) is 0 Å². The van der Waals surface area contributed by atoms with E-state index in [1.54, 1.807) is 11.8 Å². The number of rotatable bonds is 3. The Kier molecular flexibility index (Phi) is 3.60. The van der Waals surface area contributed by atoms with Crippen LogP contribution in [0, 0.1) is 13.8 Å². The van der Waals surface area contributed by atoms with Crippen molar-refractivity contribution in [2.24, 2.45) is 0 Å². The zero-order valence-electron chi connectivity index (χ0n) is 10.1. The van der Waals surface area contributed by atoms with Crippen molar-refractivity contribution in [3.8, 4) is 0 Å². The van der Waals surface area contributed by atoms with Crippen molar-refractivity contribution in [3.05, 3.63) is 29.3 Å². The Bertz CT molecular complexity index is 367. The fourth-order valence-corrected chi connectivity index (χ4v) is 3.51. The Hall–Kier alpha value is -0.470. The fraction of sp³-hybridized carbons (Fsp3) is 0.571. The Morgan fingerprint density at radius 2 is 1.94 bits per heavy atom. The second-order valence-electron chi connectivity index (χ2n) is 4.99. The summed E-state index contributed by atoms with van der Waals surface area (Å²) in [5.41, 5.74) is 2.23. The summed E-state index contributed by atoms with van der Waals surface area (Å²) in [7, 11) is 0. The summed E-state index contributed by atoms with van der Waals surface area (Å²) in [6, 6.07) is 6.53. The van der Waals surface area contributed by atoms with Crippen molar-refractivity contribution in [2.75, 3.05) is 5.75 Å². The van der Waals surface area contributed by atoms with Crippen LogP contribution in [0.4, 0.5) is 0 Å². The van der Waals surface area contributed by atoms with Gasteiger partial charge in [0.25, 0.3) is 0 Å². The maximum atomic E-state index is 10.3. The molecule has 0 aromatic heterocycles. The molecule has 1 aromatic rings. The molecular formula is C14H20OS. The normalized spacial score (nSPS) is 18.9. The number of aliphatic hydroxyl groups is 1. The SMILES string of the molecule is Cc1ccc(SCC2(O)CCCC2)c(C)c1. The molecule has 0 atom stereocenters. The summed E-state index contributed by atoms with van der Waals surface area (Å²) in [4.78, 5) is 1.31. The van der Waals surface area contributed by atoms with Crippen LogP contribution in [0.1, 0.15) is 36.8 Å². The van der Waals surface area contributed by atoms with E-state index in [9.17, 15) is 5.11 Å². The second kappa shape index (κ2) is 4.80. The van der Waals surface area contributed by atoms with E-state index in [2.05, 4.69) is 32.0 Å². The van der Waals surface area contributed by atoms with Gasteiger partial charge in [-0.15, -0.1) is 11.8 Å². The third kappa shape index (κ3) is 2.80. The van der Waals surface area contributed by atoms with E-state index in [0.29, 0.717) is 0 Å². The van der Waals surface area contributed by atoms with Gasteiger partial charge in [-0.1, -0.05) is 30.5 Å². The van der Waals surface area contributed by atoms with Gasteiger partial charge in [-0.25, -0.2) is 0 Å². The minimum absolute atomic E-state index is 0.401. The summed E-state index contributed by atoms with van der Waals surface area (Å²) in [5, 5.41) is 10.3. The van der Waals surface area contributed by atoms with E-state index < -0.39 is 5.60 Å². The molecule has 0 unspecified atom stereocenters. The molecule has 0 heterocycles. The van der Waals surface area contributed by atoms with Crippen LogP contribution in [-0.4, -0.2) is 16.5 Å². The van der Waals surface area contributed by atoms with Crippen LogP contribution in [0.5, 0.6) is 0 Å². The first-order chi connectivity index (χ1) is 7.59. The summed E-state index contributed by atoms with van der Waals surface area (Å²) >= 11 is 1.80. The average Bonchev–Trinajstić information content (AvgIpc) is 2.64. The minimum Gasteiger partial charge on any atom is -0.389 e. The van der Waals surface area contributed by atoms with Crippen molar-refractivity contribution in [1.82, 2.24) is 0 Å². The number of thioether (sulfide) groups is 1. The van der Waals surface area contributed by atoms with Crippen LogP contribution in [0.3, 0.4) is 0 Å². The Morgan fingerprint density at radius 3 is 2.56 bits per heavy atom. The molecule has 1 saturated carbocycles. The van der Waals surface area contributed by atoms with Gasteiger partial charge < -0.3 is 5.11 Å². The van der Waals surface area contributed by atoms with Crippen LogP contribution in [0.2, 0.25) is 0 Å². The molecular weight excluding hydrogens is 216 g/mol. The van der Waals surface area contributed by atoms with Gasteiger partial charge in [-0.2, -0.15) is 0 Å². The lowest BCUT2D eigenvalue weighted by Gasteiger charge is -2.21. The molecule has 1 aliphatic rings. The van der Waals surface area contributed by atoms with Gasteiger partial charge >= 0.3 is 0 Å². The maximum absolute atomic E-state index is 10.3. The van der Waals surface area contributed by atoms with Crippen LogP contribution in [0.15, 0.2) is 23.1 Å². The molecule has 16 heavy (non-hydrogen) atoms. The van der Waals surface area contributed by atoms with Gasteiger partial charge in [-0.3, -0.25) is 0 Å². The lowest BCUT2D eigenvalue weighted by Crippen LogP contribution is -2.27. The molecule has 2 heteroatoms. The highest BCUT2D eigenvalue weighted by molar-refractivity contribution is 7.99. The van der Waals surface area contributed by atoms with Crippen molar-refractivity contribution >= 4 is 11.8 Å². The zero-order valence-corrected chi connectivity index (χ0v) is 10.9. The van der Waals surface area contributed by atoms with Crippen LogP contribution >= 0.6 is 11.8 Å². The van der Waals surface area contributed by atoms with Gasteiger partial charge in [0.15, 0.2) is 0 Å². The highest BCUT2D eigenvalue weighted by atomic mass is 32.2. The lowest BCUT2D eigenvalue weighted by molar-refractivity contribution is 0.0732. The average molecular weight is 236 g/mol. The first-order valence-electron chi connectivity index (χ1n) is 6.02. The minimum atomic E-state index is -0.401. The van der Waals surface area contributed by atoms with Crippen molar-refractivity contribution in [3.63, 3.8) is 0 Å². The van der Waals surface area contributed by atoms with E-state index in [-0.39, 0.29) is 0 Å². The van der Waals surface area contributed by atoms with E-state index >= 15 is 0 Å². The first kappa shape index (κ1) is 12.0. The standard InChI is InChI=1S/C14H20OS/c1-11-5-6-13(12(2)9-11)16-10-14(15)7-3-4-8-14/h5-6,9,15H,3-4,7-8,10H2,1-2H3. The molecule has 1 N–H and O–H groups in total. The van der Waals surface area contributed by atoms with Gasteiger partial charge in [-0.05, 0) is 38.3 Å². The lowest BCUT2D eigenvalue weighted by atomic mass is 10.1. The Morgan fingerprint density at radius 1 is 1.25 bits per heavy atom. The van der Waals surface area contributed by atoms with Gasteiger partial charge in [0, 0.05) is 10.6 Å². The van der Waals surface area contributed by atoms with E-state index in [1.165, 1.54) is 28.9 Å². The molecule has 88 valence electrons. The van der Waals surface area contributed by atoms with Crippen molar-refractivity contribution < 1.29 is 5.11 Å². The van der Waals surface area contributed by atoms with E-state index in [1.807, 2.05) is 0 Å². The second-order valence-corrected chi connectivity index (χ2v) is 6.01. The number of hydrogen-bond acceptors (Lipinski definition) is 2. The Labute approximate surface area is 102 Å². The smallest absolute Gasteiger partial charge is 0.0741 e. The number of benzene rings is 1. The maximum Gasteiger partial charge on any atom is 0.0741 e. The molecule has 0 radical (unpaired) electrons. The van der Waals surface area contributed by atoms with Crippen molar-refractivity contribution in [2.45, 2.75) is 50.0 Å². The predicted octanol–water partition coefficient (Wildman–Crippen LogP) is 3.70. The number of hydrogen-bond donors (Lipinski definition) is 1. The molecule has 1 aromatic carbocycles. The number of aryl methyl sites for hydroxylation is 2. The third-order valence-electron chi connectivity index (χ3n) is 3.36. The van der Waals surface area contributed by atoms with Gasteiger partial charge in [0.05, 0.1) is 5.60 Å². The van der Waals surface area contributed by atoms with Gasteiger partial charge in [0.2, 0.25) is 0 Å². The molecule has 2 rings (SSSR count). The van der Waals surface area contributed by atoms with Crippen LogP contribution in [-0.2, 0) is 0 Å². The fourth-order valence-electron chi connectivity index (χ4n) is 2.35. The highest BCUT2D eigenvalue weighted by Gasteiger charge is 2.30. The first-order valence-corrected chi connectivity index (χ1v) is 7.00. The van der Waals surface area contributed by atoms with Crippen LogP contribution in [0.25, 0.3) is 0 Å². The largest absolute Gasteiger partial charge is 0.389 e. The summed E-state index contributed by atoms with van der Waals surface area (Å²) in [5.74, 6) is 0.844. The molecule has 0 spiro atoms. The summed E-state index contributed by atoms with van der Waals surface area (Å²) in [6.07, 6.45) is 4.32. The molecule has 1 aliphatic carbocycles. The highest BCUT2D eigenvalue weighted by Crippen LogP contribution is 2.35. The van der Waals surface area contributed by atoms with E-state index in [0.717, 1.165) is 18.6 Å². The van der Waals surface area contributed by atoms with E-state index in [4.69, 9.17) is 0 Å². The molecule has 1 fully saturated rings. The molecule has 0 saturated heterocycles. The Balaban J connectivity index is 1.99. The quantitative estimate of drug-likeness (QED) is 0.808. The topological polar surface area (TPSA) is 20.2 Å². The molecule has 0 bridgehead atoms. The summed E-state index contributed by atoms with van der Waals surface area (Å²) in [6.45, 7) is 4.26. The van der Waals surface area contributed by atoms with Crippen LogP contribution < -0.4 is 0 Å². The molecule has 1 nitrogen and oxygen atoms in total. The van der Waals surface area contributed by atoms with Gasteiger partial charge in [0.1, 0.15) is 0 Å².